The molecule has 3 heterocycles. The van der Waals surface area contributed by atoms with Crippen LogP contribution < -0.4 is 5.32 Å². The number of imidazole rings is 1. The lowest BCUT2D eigenvalue weighted by atomic mass is 10.1. The predicted molar refractivity (Wildman–Crippen MR) is 118 cm³/mol. The van der Waals surface area contributed by atoms with Crippen molar-refractivity contribution >= 4 is 61.2 Å². The molecule has 5 rings (SSSR count). The Balaban J connectivity index is 1.83. The Morgan fingerprint density at radius 1 is 1.00 bits per heavy atom. The van der Waals surface area contributed by atoms with Crippen LogP contribution in [-0.2, 0) is 0 Å². The standard InChI is InChI=1S/C21H14Cl2N4S/c1-12-5-4-6-14(22)18(12)25-20-19(13-9-10-24-11-15(13)23)26-21-27(20)16-7-2-3-8-17(16)28-21/h2-11,25H,1H3. The highest BCUT2D eigenvalue weighted by Gasteiger charge is 2.21. The normalized spacial score (nSPS) is 11.4. The molecule has 0 unspecified atom stereocenters. The van der Waals surface area contributed by atoms with E-state index in [1.807, 2.05) is 43.3 Å². The van der Waals surface area contributed by atoms with E-state index in [2.05, 4.69) is 26.8 Å². The fourth-order valence-corrected chi connectivity index (χ4v) is 4.80. The Bertz CT molecular complexity index is 1320. The van der Waals surface area contributed by atoms with Crippen LogP contribution >= 0.6 is 34.5 Å². The van der Waals surface area contributed by atoms with Crippen LogP contribution in [0.5, 0.6) is 0 Å². The summed E-state index contributed by atoms with van der Waals surface area (Å²) in [5.41, 5.74) is 4.58. The van der Waals surface area contributed by atoms with E-state index in [1.165, 1.54) is 0 Å². The van der Waals surface area contributed by atoms with Crippen molar-refractivity contribution in [1.82, 2.24) is 14.4 Å². The monoisotopic (exact) mass is 424 g/mol. The molecular formula is C21H14Cl2N4S. The van der Waals surface area contributed by atoms with Gasteiger partial charge in [0, 0.05) is 18.0 Å². The van der Waals surface area contributed by atoms with Crippen molar-refractivity contribution in [2.45, 2.75) is 6.92 Å². The lowest BCUT2D eigenvalue weighted by Crippen LogP contribution is -1.99. The molecular weight excluding hydrogens is 411 g/mol. The Labute approximate surface area is 175 Å². The number of anilines is 2. The molecule has 0 saturated carbocycles. The van der Waals surface area contributed by atoms with Crippen LogP contribution in [0, 0.1) is 6.92 Å². The third kappa shape index (κ3) is 2.75. The number of hydrogen-bond donors (Lipinski definition) is 1. The van der Waals surface area contributed by atoms with Gasteiger partial charge >= 0.3 is 0 Å². The fourth-order valence-electron chi connectivity index (χ4n) is 3.30. The minimum absolute atomic E-state index is 0.552. The summed E-state index contributed by atoms with van der Waals surface area (Å²) >= 11 is 14.6. The van der Waals surface area contributed by atoms with Gasteiger partial charge in [0.25, 0.3) is 0 Å². The predicted octanol–water partition coefficient (Wildman–Crippen LogP) is 6.97. The van der Waals surface area contributed by atoms with Crippen molar-refractivity contribution in [3.05, 3.63) is 76.5 Å². The molecule has 0 saturated heterocycles. The van der Waals surface area contributed by atoms with Gasteiger partial charge in [-0.1, -0.05) is 58.8 Å². The van der Waals surface area contributed by atoms with Gasteiger partial charge in [-0.05, 0) is 36.8 Å². The minimum Gasteiger partial charge on any atom is -0.338 e. The van der Waals surface area contributed by atoms with Gasteiger partial charge in [-0.3, -0.25) is 9.38 Å². The Morgan fingerprint density at radius 3 is 2.68 bits per heavy atom. The Kier molecular flexibility index (Phi) is 4.23. The second-order valence-corrected chi connectivity index (χ2v) is 8.23. The maximum atomic E-state index is 6.49. The molecule has 0 amide bonds. The number of aryl methyl sites for hydroxylation is 1. The molecule has 0 radical (unpaired) electrons. The molecule has 0 spiro atoms. The number of para-hydroxylation sites is 2. The van der Waals surface area contributed by atoms with E-state index >= 15 is 0 Å². The summed E-state index contributed by atoms with van der Waals surface area (Å²) in [7, 11) is 0. The number of rotatable bonds is 3. The number of thiazole rings is 1. The molecule has 0 fully saturated rings. The summed E-state index contributed by atoms with van der Waals surface area (Å²) in [6, 6.07) is 16.0. The first-order valence-corrected chi connectivity index (χ1v) is 10.2. The molecule has 3 aromatic heterocycles. The molecule has 5 aromatic rings. The highest BCUT2D eigenvalue weighted by Crippen LogP contribution is 2.40. The zero-order valence-electron chi connectivity index (χ0n) is 14.8. The van der Waals surface area contributed by atoms with Crippen molar-refractivity contribution in [3.63, 3.8) is 0 Å². The van der Waals surface area contributed by atoms with E-state index < -0.39 is 0 Å². The van der Waals surface area contributed by atoms with Gasteiger partial charge in [0.05, 0.1) is 25.9 Å². The molecule has 0 bridgehead atoms. The molecule has 0 aliphatic rings. The van der Waals surface area contributed by atoms with E-state index in [-0.39, 0.29) is 0 Å². The quantitative estimate of drug-likeness (QED) is 0.339. The van der Waals surface area contributed by atoms with Gasteiger partial charge < -0.3 is 5.32 Å². The topological polar surface area (TPSA) is 42.2 Å². The zero-order valence-corrected chi connectivity index (χ0v) is 17.1. The highest BCUT2D eigenvalue weighted by atomic mass is 35.5. The van der Waals surface area contributed by atoms with E-state index in [9.17, 15) is 0 Å². The number of aromatic nitrogens is 3. The van der Waals surface area contributed by atoms with Gasteiger partial charge in [0.2, 0.25) is 0 Å². The first-order chi connectivity index (χ1) is 13.6. The van der Waals surface area contributed by atoms with Crippen molar-refractivity contribution in [2.75, 3.05) is 5.32 Å². The molecule has 138 valence electrons. The molecule has 1 N–H and O–H groups in total. The SMILES string of the molecule is Cc1cccc(Cl)c1Nc1c(-c2ccncc2Cl)nc2sc3ccccc3n12. The number of benzene rings is 2. The zero-order chi connectivity index (χ0) is 19.3. The third-order valence-electron chi connectivity index (χ3n) is 4.65. The maximum absolute atomic E-state index is 6.49. The number of fused-ring (bicyclic) bond motifs is 3. The number of pyridine rings is 1. The van der Waals surface area contributed by atoms with E-state index in [0.29, 0.717) is 10.0 Å². The smallest absolute Gasteiger partial charge is 0.197 e. The summed E-state index contributed by atoms with van der Waals surface area (Å²) in [4.78, 5) is 9.88. The first kappa shape index (κ1) is 17.5. The number of hydrogen-bond acceptors (Lipinski definition) is 4. The second-order valence-electron chi connectivity index (χ2n) is 6.41. The molecule has 7 heteroatoms. The van der Waals surface area contributed by atoms with Crippen molar-refractivity contribution in [1.29, 1.82) is 0 Å². The van der Waals surface area contributed by atoms with Gasteiger partial charge in [-0.2, -0.15) is 0 Å². The Morgan fingerprint density at radius 2 is 1.86 bits per heavy atom. The van der Waals surface area contributed by atoms with Gasteiger partial charge in [0.1, 0.15) is 11.5 Å². The van der Waals surface area contributed by atoms with E-state index in [4.69, 9.17) is 28.2 Å². The van der Waals surface area contributed by atoms with Crippen LogP contribution in [0.25, 0.3) is 26.4 Å². The summed E-state index contributed by atoms with van der Waals surface area (Å²) in [6.07, 6.45) is 3.35. The van der Waals surface area contributed by atoms with Crippen LogP contribution in [-0.4, -0.2) is 14.4 Å². The summed E-state index contributed by atoms with van der Waals surface area (Å²) in [5.74, 6) is 0.830. The van der Waals surface area contributed by atoms with Crippen molar-refractivity contribution in [2.24, 2.45) is 0 Å². The van der Waals surface area contributed by atoms with Crippen LogP contribution in [0.15, 0.2) is 60.9 Å². The summed E-state index contributed by atoms with van der Waals surface area (Å²) < 4.78 is 3.28. The summed E-state index contributed by atoms with van der Waals surface area (Å²) in [5, 5.41) is 4.74. The van der Waals surface area contributed by atoms with Gasteiger partial charge in [-0.15, -0.1) is 0 Å². The molecule has 0 aliphatic heterocycles. The lowest BCUT2D eigenvalue weighted by Gasteiger charge is -2.13. The van der Waals surface area contributed by atoms with E-state index in [1.54, 1.807) is 23.7 Å². The van der Waals surface area contributed by atoms with Gasteiger partial charge in [-0.25, -0.2) is 4.98 Å². The van der Waals surface area contributed by atoms with Crippen LogP contribution in [0.1, 0.15) is 5.56 Å². The van der Waals surface area contributed by atoms with Crippen molar-refractivity contribution < 1.29 is 0 Å². The van der Waals surface area contributed by atoms with Crippen LogP contribution in [0.4, 0.5) is 11.5 Å². The third-order valence-corrected chi connectivity index (χ3v) is 6.28. The first-order valence-electron chi connectivity index (χ1n) is 8.65. The fraction of sp³-hybridized carbons (Fsp3) is 0.0476. The highest BCUT2D eigenvalue weighted by molar-refractivity contribution is 7.23. The van der Waals surface area contributed by atoms with Crippen LogP contribution in [0.2, 0.25) is 10.0 Å². The molecule has 4 nitrogen and oxygen atoms in total. The largest absolute Gasteiger partial charge is 0.338 e. The Hall–Kier alpha value is -2.60. The average molecular weight is 425 g/mol. The molecule has 2 aromatic carbocycles. The summed E-state index contributed by atoms with van der Waals surface area (Å²) in [6.45, 7) is 2.03. The lowest BCUT2D eigenvalue weighted by molar-refractivity contribution is 1.27. The van der Waals surface area contributed by atoms with Gasteiger partial charge in [0.15, 0.2) is 4.96 Å². The molecule has 0 atom stereocenters. The van der Waals surface area contributed by atoms with Crippen molar-refractivity contribution in [3.8, 4) is 11.3 Å². The molecule has 28 heavy (non-hydrogen) atoms. The average Bonchev–Trinajstić information content (AvgIpc) is 3.21. The maximum Gasteiger partial charge on any atom is 0.197 e. The number of nitrogens with one attached hydrogen (secondary N) is 1. The minimum atomic E-state index is 0.552. The molecule has 0 aliphatic carbocycles. The van der Waals surface area contributed by atoms with Crippen LogP contribution in [0.3, 0.4) is 0 Å². The second kappa shape index (κ2) is 6.78. The number of halogens is 2. The number of nitrogens with zero attached hydrogens (tertiary/aromatic N) is 3. The van der Waals surface area contributed by atoms with E-state index in [0.717, 1.165) is 43.5 Å².